The molecule has 0 saturated heterocycles. The summed E-state index contributed by atoms with van der Waals surface area (Å²) in [5.41, 5.74) is 3.85. The van der Waals surface area contributed by atoms with Crippen LogP contribution in [0.25, 0.3) is 4.85 Å². The largest absolute Gasteiger partial charge is 0.465 e. The molecule has 1 aliphatic heterocycles. The summed E-state index contributed by atoms with van der Waals surface area (Å²) < 4.78 is 4.93. The first-order valence-electron chi connectivity index (χ1n) is 8.99. The number of nitrogens with zero attached hydrogens (tertiary/aromatic N) is 4. The Balaban J connectivity index is 2.52. The molecule has 1 heterocycles. The van der Waals surface area contributed by atoms with Crippen LogP contribution in [0.15, 0.2) is 35.0 Å². The minimum atomic E-state index is -1.12. The molecule has 1 aromatic rings. The average molecular weight is 364 g/mol. The third kappa shape index (κ3) is 4.54. The van der Waals surface area contributed by atoms with Gasteiger partial charge in [-0.1, -0.05) is 13.0 Å². The number of rotatable bonds is 6. The zero-order valence-electron chi connectivity index (χ0n) is 16.2. The minimum Gasteiger partial charge on any atom is -0.465 e. The smallest absolute Gasteiger partial charge is 0.325 e. The van der Waals surface area contributed by atoms with E-state index >= 15 is 0 Å². The van der Waals surface area contributed by atoms with E-state index < -0.39 is 11.9 Å². The summed E-state index contributed by atoms with van der Waals surface area (Å²) in [6.45, 7) is 11.5. The number of ether oxygens (including phenoxy) is 1. The Morgan fingerprint density at radius 2 is 2.26 bits per heavy atom. The molecule has 2 unspecified atom stereocenters. The summed E-state index contributed by atoms with van der Waals surface area (Å²) in [6, 6.07) is 8.03. The van der Waals surface area contributed by atoms with Crippen molar-refractivity contribution in [1.29, 1.82) is 5.26 Å². The highest BCUT2D eigenvalue weighted by Crippen LogP contribution is 2.29. The van der Waals surface area contributed by atoms with Crippen LogP contribution in [0.3, 0.4) is 0 Å². The number of fused-ring (bicyclic) bond motifs is 1. The second kappa shape index (κ2) is 9.00. The van der Waals surface area contributed by atoms with E-state index in [4.69, 9.17) is 16.3 Å². The molecule has 0 aromatic heterocycles. The monoisotopic (exact) mass is 364 g/mol. The standard InChI is InChI=1S/C21H24N4O2/c1-6-16-10-14-11-17(25(4)5)8-9-18(14)20(24-16)19(23-3)12-15(13-22)21(26)27-7-2/h8-9,11-12,15-16H,6-7,10H2,1-2,4-5H3. The first kappa shape index (κ1) is 20.2. The van der Waals surface area contributed by atoms with Crippen molar-refractivity contribution < 1.29 is 9.53 Å². The van der Waals surface area contributed by atoms with Crippen molar-refractivity contribution in [3.63, 3.8) is 0 Å². The number of hydrogen-bond donors (Lipinski definition) is 0. The number of benzene rings is 1. The predicted molar refractivity (Wildman–Crippen MR) is 106 cm³/mol. The normalized spacial score (nSPS) is 17.0. The summed E-state index contributed by atoms with van der Waals surface area (Å²) in [4.78, 5) is 22.3. The van der Waals surface area contributed by atoms with E-state index in [1.54, 1.807) is 6.92 Å². The minimum absolute atomic E-state index is 0.0678. The Kier molecular flexibility index (Phi) is 6.73. The molecule has 6 nitrogen and oxygen atoms in total. The van der Waals surface area contributed by atoms with Crippen LogP contribution in [0.2, 0.25) is 0 Å². The maximum atomic E-state index is 12.0. The summed E-state index contributed by atoms with van der Waals surface area (Å²) in [5, 5.41) is 9.31. The van der Waals surface area contributed by atoms with Gasteiger partial charge in [-0.05, 0) is 49.1 Å². The van der Waals surface area contributed by atoms with Gasteiger partial charge in [0.05, 0.1) is 31.0 Å². The van der Waals surface area contributed by atoms with Crippen LogP contribution in [-0.2, 0) is 16.0 Å². The van der Waals surface area contributed by atoms with Gasteiger partial charge in [0.1, 0.15) is 0 Å². The number of allylic oxidation sites excluding steroid dienone is 1. The van der Waals surface area contributed by atoms with E-state index in [1.807, 2.05) is 37.2 Å². The summed E-state index contributed by atoms with van der Waals surface area (Å²) in [5.74, 6) is -1.77. The molecule has 0 bridgehead atoms. The molecule has 0 aliphatic carbocycles. The van der Waals surface area contributed by atoms with Gasteiger partial charge in [-0.25, -0.2) is 4.85 Å². The lowest BCUT2D eigenvalue weighted by Gasteiger charge is -2.25. The Bertz CT molecular complexity index is 856. The molecule has 0 fully saturated rings. The molecule has 0 spiro atoms. The van der Waals surface area contributed by atoms with Crippen LogP contribution in [0.5, 0.6) is 0 Å². The summed E-state index contributed by atoms with van der Waals surface area (Å²) in [6.07, 6.45) is 3.02. The van der Waals surface area contributed by atoms with Crippen LogP contribution < -0.4 is 4.90 Å². The molecule has 0 saturated carbocycles. The number of hydrogen-bond acceptors (Lipinski definition) is 5. The average Bonchev–Trinajstić information content (AvgIpc) is 2.67. The van der Waals surface area contributed by atoms with Crippen molar-refractivity contribution in [1.82, 2.24) is 0 Å². The van der Waals surface area contributed by atoms with Crippen molar-refractivity contribution >= 4 is 17.4 Å². The SMILES string of the molecule is [C-]#[N+]C(=CC(C#N)C(=O)OCC)C1=NC(CC)Cc2cc(N(C)C)ccc21. The molecular formula is C21H24N4O2. The molecule has 0 amide bonds. The van der Waals surface area contributed by atoms with Crippen LogP contribution in [0, 0.1) is 23.8 Å². The topological polar surface area (TPSA) is 70.0 Å². The Labute approximate surface area is 160 Å². The number of anilines is 1. The lowest BCUT2D eigenvalue weighted by molar-refractivity contribution is -0.144. The first-order valence-corrected chi connectivity index (χ1v) is 8.99. The number of aliphatic imine (C=N–C) groups is 1. The van der Waals surface area contributed by atoms with Gasteiger partial charge < -0.3 is 9.64 Å². The Hall–Kier alpha value is -3.12. The summed E-state index contributed by atoms with van der Waals surface area (Å²) in [7, 11) is 3.97. The lowest BCUT2D eigenvalue weighted by Crippen LogP contribution is -2.23. The molecule has 27 heavy (non-hydrogen) atoms. The molecule has 0 N–H and O–H groups in total. The van der Waals surface area contributed by atoms with Crippen molar-refractivity contribution in [3.05, 3.63) is 52.5 Å². The van der Waals surface area contributed by atoms with Crippen LogP contribution in [0.4, 0.5) is 5.69 Å². The van der Waals surface area contributed by atoms with Gasteiger partial charge in [0.15, 0.2) is 5.92 Å². The number of carbonyl (C=O) groups excluding carboxylic acids is 1. The Morgan fingerprint density at radius 3 is 2.81 bits per heavy atom. The van der Waals surface area contributed by atoms with E-state index in [-0.39, 0.29) is 18.3 Å². The van der Waals surface area contributed by atoms with E-state index in [2.05, 4.69) is 17.8 Å². The maximum absolute atomic E-state index is 12.0. The van der Waals surface area contributed by atoms with Gasteiger partial charge in [0, 0.05) is 19.8 Å². The second-order valence-corrected chi connectivity index (χ2v) is 6.50. The molecule has 2 atom stereocenters. The van der Waals surface area contributed by atoms with Gasteiger partial charge in [-0.2, -0.15) is 5.26 Å². The van der Waals surface area contributed by atoms with Gasteiger partial charge >= 0.3 is 5.97 Å². The fourth-order valence-corrected chi connectivity index (χ4v) is 2.97. The van der Waals surface area contributed by atoms with E-state index in [0.717, 1.165) is 29.7 Å². The van der Waals surface area contributed by atoms with Gasteiger partial charge in [0.25, 0.3) is 0 Å². The molecule has 0 radical (unpaired) electrons. The van der Waals surface area contributed by atoms with Crippen LogP contribution >= 0.6 is 0 Å². The first-order chi connectivity index (χ1) is 12.9. The third-order valence-corrected chi connectivity index (χ3v) is 4.47. The van der Waals surface area contributed by atoms with Crippen molar-refractivity contribution in [2.24, 2.45) is 10.9 Å². The molecular weight excluding hydrogens is 340 g/mol. The quantitative estimate of drug-likeness (QED) is 0.573. The van der Waals surface area contributed by atoms with Crippen LogP contribution in [0.1, 0.15) is 31.4 Å². The van der Waals surface area contributed by atoms with Crippen LogP contribution in [-0.4, -0.2) is 38.4 Å². The highest BCUT2D eigenvalue weighted by Gasteiger charge is 2.26. The number of carbonyl (C=O) groups is 1. The zero-order chi connectivity index (χ0) is 20.0. The molecule has 1 aliphatic rings. The van der Waals surface area contributed by atoms with E-state index in [0.29, 0.717) is 5.71 Å². The highest BCUT2D eigenvalue weighted by molar-refractivity contribution is 6.15. The molecule has 6 heteroatoms. The van der Waals surface area contributed by atoms with Gasteiger partial charge in [0.2, 0.25) is 5.70 Å². The third-order valence-electron chi connectivity index (χ3n) is 4.47. The van der Waals surface area contributed by atoms with Crippen molar-refractivity contribution in [2.75, 3.05) is 25.6 Å². The van der Waals surface area contributed by atoms with Gasteiger partial charge in [-0.3, -0.25) is 9.79 Å². The van der Waals surface area contributed by atoms with Gasteiger partial charge in [-0.15, -0.1) is 0 Å². The van der Waals surface area contributed by atoms with Crippen molar-refractivity contribution in [3.8, 4) is 6.07 Å². The lowest BCUT2D eigenvalue weighted by atomic mass is 9.90. The zero-order valence-corrected chi connectivity index (χ0v) is 16.2. The second-order valence-electron chi connectivity index (χ2n) is 6.50. The summed E-state index contributed by atoms with van der Waals surface area (Å²) >= 11 is 0. The number of esters is 1. The van der Waals surface area contributed by atoms with E-state index in [1.165, 1.54) is 6.08 Å². The molecule has 1 aromatic carbocycles. The van der Waals surface area contributed by atoms with Crippen molar-refractivity contribution in [2.45, 2.75) is 32.7 Å². The Morgan fingerprint density at radius 1 is 1.52 bits per heavy atom. The number of nitriles is 1. The van der Waals surface area contributed by atoms with E-state index in [9.17, 15) is 10.1 Å². The predicted octanol–water partition coefficient (Wildman–Crippen LogP) is 3.38. The maximum Gasteiger partial charge on any atom is 0.325 e. The molecule has 140 valence electrons. The highest BCUT2D eigenvalue weighted by atomic mass is 16.5. The fourth-order valence-electron chi connectivity index (χ4n) is 2.97. The fraction of sp³-hybridized carbons (Fsp3) is 0.429. The molecule has 2 rings (SSSR count).